The van der Waals surface area contributed by atoms with E-state index < -0.39 is 33.7 Å². The number of rotatable bonds is 12. The Labute approximate surface area is 161 Å². The minimum Gasteiger partial charge on any atom is -0.479 e. The lowest BCUT2D eigenvalue weighted by atomic mass is 9.73. The van der Waals surface area contributed by atoms with Gasteiger partial charge in [0.1, 0.15) is 0 Å². The van der Waals surface area contributed by atoms with Crippen molar-refractivity contribution < 1.29 is 32.4 Å². The molecule has 9 nitrogen and oxygen atoms in total. The van der Waals surface area contributed by atoms with E-state index in [2.05, 4.69) is 5.32 Å². The second kappa shape index (κ2) is 11.0. The Morgan fingerprint density at radius 3 is 2.19 bits per heavy atom. The third-order valence-electron chi connectivity index (χ3n) is 3.94. The molecule has 156 valence electrons. The predicted molar refractivity (Wildman–Crippen MR) is 99.8 cm³/mol. The molecule has 0 aromatic heterocycles. The molecule has 0 spiro atoms. The fraction of sp³-hybridized carbons (Fsp3) is 0.867. The maximum Gasteiger partial charge on any atom is 0.336 e. The first-order chi connectivity index (χ1) is 11.2. The van der Waals surface area contributed by atoms with Crippen LogP contribution in [0.25, 0.3) is 0 Å². The van der Waals surface area contributed by atoms with E-state index in [-0.39, 0.29) is 43.5 Å². The number of hydrogen-bond acceptors (Lipinski definition) is 7. The molecular formula is C15H31ClN2O7S. The summed E-state index contributed by atoms with van der Waals surface area (Å²) in [7, 11) is -0.413. The van der Waals surface area contributed by atoms with Crippen molar-refractivity contribution in [3.8, 4) is 0 Å². The van der Waals surface area contributed by atoms with Gasteiger partial charge in [-0.1, -0.05) is 13.8 Å². The quantitative estimate of drug-likeness (QED) is 0.299. The molecule has 0 aliphatic heterocycles. The third kappa shape index (κ3) is 9.13. The molecule has 0 saturated heterocycles. The number of nitrogens with one attached hydrogen (secondary N) is 1. The monoisotopic (exact) mass is 418 g/mol. The highest BCUT2D eigenvalue weighted by Gasteiger charge is 2.50. The summed E-state index contributed by atoms with van der Waals surface area (Å²) in [5, 5.41) is 22.5. The summed E-state index contributed by atoms with van der Waals surface area (Å²) in [5.74, 6) is -2.00. The van der Waals surface area contributed by atoms with E-state index in [1.165, 1.54) is 20.8 Å². The summed E-state index contributed by atoms with van der Waals surface area (Å²) in [4.78, 5) is 24.0. The van der Waals surface area contributed by atoms with Crippen LogP contribution >= 0.6 is 12.4 Å². The van der Waals surface area contributed by atoms with Gasteiger partial charge in [-0.05, 0) is 20.5 Å². The Bertz CT molecular complexity index is 566. The van der Waals surface area contributed by atoms with Crippen LogP contribution in [0.15, 0.2) is 0 Å². The minimum atomic E-state index is -3.90. The van der Waals surface area contributed by atoms with Crippen molar-refractivity contribution in [2.45, 2.75) is 39.2 Å². The van der Waals surface area contributed by atoms with Crippen LogP contribution in [0.1, 0.15) is 33.6 Å². The first kappa shape index (κ1) is 27.3. The number of halogens is 1. The Hall–Kier alpha value is -0.940. The molecule has 0 bridgehead atoms. The fourth-order valence-corrected chi connectivity index (χ4v) is 3.14. The number of aliphatic carboxylic acids is 1. The molecule has 0 saturated carbocycles. The first-order valence-electron chi connectivity index (χ1n) is 7.95. The van der Waals surface area contributed by atoms with Crippen molar-refractivity contribution in [3.63, 3.8) is 0 Å². The summed E-state index contributed by atoms with van der Waals surface area (Å²) in [6.07, 6.45) is 0.0977. The smallest absolute Gasteiger partial charge is 0.336 e. The lowest BCUT2D eigenvalue weighted by molar-refractivity contribution is -0.177. The number of carboxylic acids is 1. The molecule has 0 rings (SSSR count). The molecule has 0 aliphatic carbocycles. The summed E-state index contributed by atoms with van der Waals surface area (Å²) < 4.78 is 28.8. The summed E-state index contributed by atoms with van der Waals surface area (Å²) in [5.41, 5.74) is -3.47. The standard InChI is InChI=1S/C15H30N2O7S.ClH/c1-12(18)16-8-6-10-25(22,23)24-11-14(2,3)15(21,13(19)20)7-9-17(4)5;/h21H,6-11H2,1-5H3,(H,16,18)(H,19,20);1H/t15-;/m0./s1. The van der Waals surface area contributed by atoms with Crippen molar-refractivity contribution in [2.24, 2.45) is 5.41 Å². The maximum absolute atomic E-state index is 11.9. The highest BCUT2D eigenvalue weighted by Crippen LogP contribution is 2.35. The van der Waals surface area contributed by atoms with Gasteiger partial charge in [0.25, 0.3) is 10.1 Å². The zero-order valence-electron chi connectivity index (χ0n) is 15.9. The largest absolute Gasteiger partial charge is 0.479 e. The summed E-state index contributed by atoms with van der Waals surface area (Å²) in [6, 6.07) is 0. The van der Waals surface area contributed by atoms with E-state index in [1.807, 2.05) is 0 Å². The Balaban J connectivity index is 0. The zero-order chi connectivity index (χ0) is 19.9. The molecule has 1 amide bonds. The van der Waals surface area contributed by atoms with E-state index >= 15 is 0 Å². The van der Waals surface area contributed by atoms with Gasteiger partial charge in [-0.15, -0.1) is 12.4 Å². The van der Waals surface area contributed by atoms with Crippen LogP contribution in [0.3, 0.4) is 0 Å². The number of nitrogens with zero attached hydrogens (tertiary/aromatic N) is 1. The molecular weight excluding hydrogens is 388 g/mol. The molecule has 1 atom stereocenters. The van der Waals surface area contributed by atoms with Crippen LogP contribution < -0.4 is 5.32 Å². The van der Waals surface area contributed by atoms with Gasteiger partial charge in [0, 0.05) is 31.8 Å². The predicted octanol–water partition coefficient (Wildman–Crippen LogP) is 0.0744. The minimum absolute atomic E-state index is 0. The van der Waals surface area contributed by atoms with E-state index in [4.69, 9.17) is 4.18 Å². The van der Waals surface area contributed by atoms with Crippen molar-refractivity contribution in [1.82, 2.24) is 10.2 Å². The topological polar surface area (TPSA) is 133 Å². The first-order valence-corrected chi connectivity index (χ1v) is 9.53. The number of carbonyl (C=O) groups is 2. The third-order valence-corrected chi connectivity index (χ3v) is 5.20. The van der Waals surface area contributed by atoms with Gasteiger partial charge in [0.2, 0.25) is 5.91 Å². The maximum atomic E-state index is 11.9. The van der Waals surface area contributed by atoms with Crippen LogP contribution in [0.2, 0.25) is 0 Å². The van der Waals surface area contributed by atoms with Gasteiger partial charge >= 0.3 is 5.97 Å². The Morgan fingerprint density at radius 1 is 1.23 bits per heavy atom. The molecule has 0 aliphatic rings. The molecule has 0 unspecified atom stereocenters. The van der Waals surface area contributed by atoms with E-state index in [9.17, 15) is 28.2 Å². The normalized spacial score (nSPS) is 14.4. The lowest BCUT2D eigenvalue weighted by Gasteiger charge is -2.39. The number of amides is 1. The van der Waals surface area contributed by atoms with Crippen LogP contribution in [0, 0.1) is 5.41 Å². The van der Waals surface area contributed by atoms with Gasteiger partial charge in [0.15, 0.2) is 5.60 Å². The number of carbonyl (C=O) groups excluding carboxylic acids is 1. The molecule has 0 radical (unpaired) electrons. The van der Waals surface area contributed by atoms with Crippen molar-refractivity contribution in [3.05, 3.63) is 0 Å². The van der Waals surface area contributed by atoms with E-state index in [0.29, 0.717) is 6.54 Å². The van der Waals surface area contributed by atoms with Crippen molar-refractivity contribution >= 4 is 34.4 Å². The van der Waals surface area contributed by atoms with E-state index in [1.54, 1.807) is 19.0 Å². The lowest BCUT2D eigenvalue weighted by Crippen LogP contribution is -2.55. The molecule has 0 fully saturated rings. The van der Waals surface area contributed by atoms with Crippen molar-refractivity contribution in [2.75, 3.05) is 39.5 Å². The van der Waals surface area contributed by atoms with Crippen LogP contribution in [-0.4, -0.2) is 80.6 Å². The highest BCUT2D eigenvalue weighted by molar-refractivity contribution is 7.86. The van der Waals surface area contributed by atoms with E-state index in [0.717, 1.165) is 0 Å². The Morgan fingerprint density at radius 2 is 1.77 bits per heavy atom. The zero-order valence-corrected chi connectivity index (χ0v) is 17.6. The average Bonchev–Trinajstić information content (AvgIpc) is 2.47. The SMILES string of the molecule is CC(=O)NCCCS(=O)(=O)OCC(C)(C)[C@](O)(CCN(C)C)C(=O)O.Cl. The molecule has 0 aromatic rings. The average molecular weight is 419 g/mol. The molecule has 0 heterocycles. The Kier molecular flexibility index (Phi) is 11.6. The molecule has 0 aromatic carbocycles. The van der Waals surface area contributed by atoms with Gasteiger partial charge in [0.05, 0.1) is 12.4 Å². The van der Waals surface area contributed by atoms with Gasteiger partial charge in [-0.2, -0.15) is 8.42 Å². The van der Waals surface area contributed by atoms with Gasteiger partial charge in [-0.25, -0.2) is 4.79 Å². The van der Waals surface area contributed by atoms with Crippen molar-refractivity contribution in [1.29, 1.82) is 0 Å². The number of hydrogen-bond donors (Lipinski definition) is 3. The van der Waals surface area contributed by atoms with Gasteiger partial charge < -0.3 is 20.4 Å². The van der Waals surface area contributed by atoms with Crippen LogP contribution in [0.4, 0.5) is 0 Å². The molecule has 3 N–H and O–H groups in total. The van der Waals surface area contributed by atoms with Crippen LogP contribution in [-0.2, 0) is 23.9 Å². The highest BCUT2D eigenvalue weighted by atomic mass is 35.5. The summed E-state index contributed by atoms with van der Waals surface area (Å²) >= 11 is 0. The fourth-order valence-electron chi connectivity index (χ4n) is 2.05. The van der Waals surface area contributed by atoms with Crippen LogP contribution in [0.5, 0.6) is 0 Å². The molecule has 26 heavy (non-hydrogen) atoms. The summed E-state index contributed by atoms with van der Waals surface area (Å²) in [6.45, 7) is 4.27. The number of carboxylic acid groups (broad SMARTS) is 1. The molecule has 11 heteroatoms. The number of aliphatic hydroxyl groups is 1. The van der Waals surface area contributed by atoms with Gasteiger partial charge in [-0.3, -0.25) is 8.98 Å². The second-order valence-corrected chi connectivity index (χ2v) is 8.72. The second-order valence-electron chi connectivity index (χ2n) is 6.96.